The summed E-state index contributed by atoms with van der Waals surface area (Å²) >= 11 is 6.62. The van der Waals surface area contributed by atoms with E-state index in [1.807, 2.05) is 45.0 Å². The van der Waals surface area contributed by atoms with Crippen molar-refractivity contribution in [3.63, 3.8) is 0 Å². The lowest BCUT2D eigenvalue weighted by Crippen LogP contribution is -2.34. The summed E-state index contributed by atoms with van der Waals surface area (Å²) in [5.74, 6) is 0.0153. The van der Waals surface area contributed by atoms with Crippen molar-refractivity contribution in [2.45, 2.75) is 26.8 Å². The monoisotopic (exact) mass is 277 g/mol. The number of hydrogen-bond acceptors (Lipinski definition) is 3. The maximum Gasteiger partial charge on any atom is 0.266 e. The van der Waals surface area contributed by atoms with E-state index in [0.717, 1.165) is 5.56 Å². The minimum absolute atomic E-state index is 0.0153. The molecular formula is C14H15NOS2. The van der Waals surface area contributed by atoms with E-state index >= 15 is 0 Å². The number of aryl methyl sites for hydroxylation is 1. The number of carbonyl (C=O) groups is 1. The molecule has 2 rings (SSSR count). The number of hydrogen-bond donors (Lipinski definition) is 0. The van der Waals surface area contributed by atoms with Crippen LogP contribution in [0.5, 0.6) is 0 Å². The Labute approximate surface area is 117 Å². The Balaban J connectivity index is 2.31. The van der Waals surface area contributed by atoms with Crippen LogP contribution in [0.15, 0.2) is 29.2 Å². The lowest BCUT2D eigenvalue weighted by atomic mass is 10.1. The highest BCUT2D eigenvalue weighted by Gasteiger charge is 2.33. The van der Waals surface area contributed by atoms with Gasteiger partial charge in [0, 0.05) is 6.04 Å². The molecule has 1 aromatic carbocycles. The molecule has 0 N–H and O–H groups in total. The van der Waals surface area contributed by atoms with Gasteiger partial charge in [-0.25, -0.2) is 0 Å². The number of nitrogens with zero attached hydrogens (tertiary/aromatic N) is 1. The smallest absolute Gasteiger partial charge is 0.266 e. The molecule has 18 heavy (non-hydrogen) atoms. The van der Waals surface area contributed by atoms with Crippen LogP contribution >= 0.6 is 24.0 Å². The van der Waals surface area contributed by atoms with Gasteiger partial charge in [-0.2, -0.15) is 0 Å². The van der Waals surface area contributed by atoms with Crippen molar-refractivity contribution in [1.29, 1.82) is 0 Å². The van der Waals surface area contributed by atoms with Crippen molar-refractivity contribution in [2.24, 2.45) is 0 Å². The summed E-state index contributed by atoms with van der Waals surface area (Å²) in [5, 5.41) is 0. The zero-order valence-corrected chi connectivity index (χ0v) is 12.3. The maximum atomic E-state index is 12.2. The summed E-state index contributed by atoms with van der Waals surface area (Å²) in [7, 11) is 0. The first-order valence-electron chi connectivity index (χ1n) is 5.83. The van der Waals surface area contributed by atoms with Gasteiger partial charge in [0.25, 0.3) is 5.91 Å². The molecule has 0 unspecified atom stereocenters. The van der Waals surface area contributed by atoms with Gasteiger partial charge in [-0.1, -0.05) is 53.8 Å². The molecule has 0 aliphatic carbocycles. The molecule has 1 fully saturated rings. The second-order valence-corrected chi connectivity index (χ2v) is 6.24. The third kappa shape index (κ3) is 2.65. The van der Waals surface area contributed by atoms with Crippen molar-refractivity contribution < 1.29 is 4.79 Å². The van der Waals surface area contributed by atoms with Crippen molar-refractivity contribution in [1.82, 2.24) is 4.90 Å². The van der Waals surface area contributed by atoms with Crippen molar-refractivity contribution in [3.8, 4) is 0 Å². The van der Waals surface area contributed by atoms with E-state index < -0.39 is 0 Å². The van der Waals surface area contributed by atoms with Gasteiger partial charge in [0.15, 0.2) is 0 Å². The molecule has 0 bridgehead atoms. The lowest BCUT2D eigenvalue weighted by molar-refractivity contribution is -0.123. The molecule has 0 saturated carbocycles. The maximum absolute atomic E-state index is 12.2. The molecule has 1 heterocycles. The predicted octanol–water partition coefficient (Wildman–Crippen LogP) is 3.60. The summed E-state index contributed by atoms with van der Waals surface area (Å²) < 4.78 is 0.647. The van der Waals surface area contributed by atoms with Gasteiger partial charge in [0.05, 0.1) is 4.91 Å². The molecular weight excluding hydrogens is 262 g/mol. The Bertz CT molecular complexity index is 534. The molecule has 0 spiro atoms. The molecule has 2 nitrogen and oxygen atoms in total. The van der Waals surface area contributed by atoms with Gasteiger partial charge in [0.1, 0.15) is 4.32 Å². The van der Waals surface area contributed by atoms with Crippen LogP contribution in [-0.2, 0) is 4.79 Å². The summed E-state index contributed by atoms with van der Waals surface area (Å²) in [4.78, 5) is 14.6. The number of carbonyl (C=O) groups excluding carboxylic acids is 1. The Morgan fingerprint density at radius 3 is 2.67 bits per heavy atom. The molecule has 0 aromatic heterocycles. The number of thioether (sulfide) groups is 1. The van der Waals surface area contributed by atoms with E-state index in [1.165, 1.54) is 17.3 Å². The molecule has 1 aromatic rings. The average Bonchev–Trinajstić information content (AvgIpc) is 2.54. The van der Waals surface area contributed by atoms with Gasteiger partial charge in [-0.3, -0.25) is 9.69 Å². The van der Waals surface area contributed by atoms with E-state index in [4.69, 9.17) is 12.2 Å². The number of benzene rings is 1. The Hall–Kier alpha value is -1.13. The van der Waals surface area contributed by atoms with Gasteiger partial charge in [-0.15, -0.1) is 0 Å². The van der Waals surface area contributed by atoms with Crippen molar-refractivity contribution in [3.05, 3.63) is 40.3 Å². The molecule has 1 amide bonds. The second kappa shape index (κ2) is 5.24. The van der Waals surface area contributed by atoms with E-state index in [1.54, 1.807) is 4.90 Å². The van der Waals surface area contributed by atoms with Gasteiger partial charge < -0.3 is 0 Å². The molecule has 0 radical (unpaired) electrons. The highest BCUT2D eigenvalue weighted by Crippen LogP contribution is 2.33. The van der Waals surface area contributed by atoms with Crippen LogP contribution in [0.25, 0.3) is 6.08 Å². The fourth-order valence-electron chi connectivity index (χ4n) is 1.84. The summed E-state index contributed by atoms with van der Waals surface area (Å²) in [6.45, 7) is 5.98. The minimum atomic E-state index is 0.0153. The first kappa shape index (κ1) is 13.3. The van der Waals surface area contributed by atoms with Crippen LogP contribution < -0.4 is 0 Å². The highest BCUT2D eigenvalue weighted by atomic mass is 32.2. The Kier molecular flexibility index (Phi) is 3.88. The topological polar surface area (TPSA) is 20.3 Å². The highest BCUT2D eigenvalue weighted by molar-refractivity contribution is 8.26. The molecule has 0 atom stereocenters. The van der Waals surface area contributed by atoms with Crippen LogP contribution in [-0.4, -0.2) is 21.2 Å². The first-order valence-corrected chi connectivity index (χ1v) is 7.05. The van der Waals surface area contributed by atoms with Crippen molar-refractivity contribution >= 4 is 40.3 Å². The largest absolute Gasteiger partial charge is 0.290 e. The summed E-state index contributed by atoms with van der Waals surface area (Å²) in [6, 6.07) is 8.19. The third-order valence-corrected chi connectivity index (χ3v) is 4.01. The van der Waals surface area contributed by atoms with Gasteiger partial charge >= 0.3 is 0 Å². The van der Waals surface area contributed by atoms with E-state index in [2.05, 4.69) is 6.07 Å². The molecule has 1 aliphatic rings. The van der Waals surface area contributed by atoms with Crippen molar-refractivity contribution in [2.75, 3.05) is 0 Å². The average molecular weight is 277 g/mol. The second-order valence-electron chi connectivity index (χ2n) is 4.56. The zero-order valence-electron chi connectivity index (χ0n) is 10.6. The SMILES string of the molecule is Cc1cccc(/C=C2\SC(=S)N(C(C)C)C2=O)c1. The Morgan fingerprint density at radius 1 is 1.39 bits per heavy atom. The fourth-order valence-corrected chi connectivity index (χ4v) is 3.36. The number of thiocarbonyl (C=S) groups is 1. The number of amides is 1. The molecule has 1 aliphatic heterocycles. The normalized spacial score (nSPS) is 18.2. The molecule has 4 heteroatoms. The molecule has 94 valence electrons. The van der Waals surface area contributed by atoms with Gasteiger partial charge in [0.2, 0.25) is 0 Å². The Morgan fingerprint density at radius 2 is 2.11 bits per heavy atom. The number of rotatable bonds is 2. The third-order valence-electron chi connectivity index (χ3n) is 2.68. The molecule has 1 saturated heterocycles. The van der Waals surface area contributed by atoms with E-state index in [9.17, 15) is 4.79 Å². The van der Waals surface area contributed by atoms with E-state index in [-0.39, 0.29) is 11.9 Å². The summed E-state index contributed by atoms with van der Waals surface area (Å²) in [5.41, 5.74) is 2.22. The van der Waals surface area contributed by atoms with Gasteiger partial charge in [-0.05, 0) is 32.4 Å². The summed E-state index contributed by atoms with van der Waals surface area (Å²) in [6.07, 6.45) is 1.91. The lowest BCUT2D eigenvalue weighted by Gasteiger charge is -2.18. The van der Waals surface area contributed by atoms with Crippen LogP contribution in [0.1, 0.15) is 25.0 Å². The van der Waals surface area contributed by atoms with E-state index in [0.29, 0.717) is 9.23 Å². The fraction of sp³-hybridized carbons (Fsp3) is 0.286. The van der Waals surface area contributed by atoms with Crippen LogP contribution in [0, 0.1) is 6.92 Å². The first-order chi connectivity index (χ1) is 8.49. The quantitative estimate of drug-likeness (QED) is 0.608. The standard InChI is InChI=1S/C14H15NOS2/c1-9(2)15-13(16)12(18-14(15)17)8-11-6-4-5-10(3)7-11/h4-9H,1-3H3/b12-8-. The minimum Gasteiger partial charge on any atom is -0.290 e. The van der Waals surface area contributed by atoms with Crippen LogP contribution in [0.4, 0.5) is 0 Å². The predicted molar refractivity (Wildman–Crippen MR) is 81.3 cm³/mol. The van der Waals surface area contributed by atoms with Crippen LogP contribution in [0.3, 0.4) is 0 Å². The zero-order chi connectivity index (χ0) is 13.3. The van der Waals surface area contributed by atoms with Crippen LogP contribution in [0.2, 0.25) is 0 Å².